The maximum atomic E-state index is 13.1. The second kappa shape index (κ2) is 6.29. The van der Waals surface area contributed by atoms with Crippen LogP contribution in [0.15, 0.2) is 35.1 Å². The molecule has 1 aliphatic heterocycles. The number of hydrogen-bond acceptors (Lipinski definition) is 5. The van der Waals surface area contributed by atoms with Crippen molar-refractivity contribution in [2.75, 3.05) is 19.6 Å². The van der Waals surface area contributed by atoms with Crippen molar-refractivity contribution in [1.29, 1.82) is 0 Å². The number of nitrogens with one attached hydrogen (secondary N) is 1. The van der Waals surface area contributed by atoms with E-state index < -0.39 is 0 Å². The first kappa shape index (κ1) is 16.3. The van der Waals surface area contributed by atoms with Crippen LogP contribution in [0.2, 0.25) is 0 Å². The minimum absolute atomic E-state index is 0.0526. The summed E-state index contributed by atoms with van der Waals surface area (Å²) in [5.74, 6) is 0.219. The molecule has 1 aliphatic rings. The molecule has 26 heavy (non-hydrogen) atoms. The molecule has 134 valence electrons. The van der Waals surface area contributed by atoms with E-state index in [4.69, 9.17) is 4.42 Å². The smallest absolute Gasteiger partial charge is 0.255 e. The van der Waals surface area contributed by atoms with Gasteiger partial charge in [0.25, 0.3) is 5.91 Å². The van der Waals surface area contributed by atoms with Gasteiger partial charge in [0, 0.05) is 19.1 Å². The molecule has 2 amide bonds. The number of rotatable bonds is 3. The average molecular weight is 353 g/mol. The van der Waals surface area contributed by atoms with Crippen LogP contribution in [0.5, 0.6) is 0 Å². The van der Waals surface area contributed by atoms with Gasteiger partial charge in [0.15, 0.2) is 11.4 Å². The number of piperazine rings is 1. The van der Waals surface area contributed by atoms with Crippen LogP contribution in [0.3, 0.4) is 0 Å². The van der Waals surface area contributed by atoms with E-state index in [9.17, 15) is 9.59 Å². The van der Waals surface area contributed by atoms with Crippen molar-refractivity contribution in [3.8, 4) is 11.5 Å². The van der Waals surface area contributed by atoms with Crippen LogP contribution in [0, 0.1) is 0 Å². The van der Waals surface area contributed by atoms with Crippen LogP contribution in [0.4, 0.5) is 0 Å². The van der Waals surface area contributed by atoms with Gasteiger partial charge in [-0.15, -0.1) is 0 Å². The summed E-state index contributed by atoms with van der Waals surface area (Å²) in [5.41, 5.74) is 1.66. The van der Waals surface area contributed by atoms with Gasteiger partial charge in [-0.1, -0.05) is 0 Å². The maximum absolute atomic E-state index is 13.1. The monoisotopic (exact) mass is 353 g/mol. The summed E-state index contributed by atoms with van der Waals surface area (Å²) < 4.78 is 7.24. The topological polar surface area (TPSA) is 93.3 Å². The molecule has 0 saturated carbocycles. The number of pyridine rings is 1. The zero-order valence-corrected chi connectivity index (χ0v) is 14.6. The van der Waals surface area contributed by atoms with E-state index in [1.165, 1.54) is 0 Å². The molecule has 0 aliphatic carbocycles. The van der Waals surface area contributed by atoms with E-state index in [1.807, 2.05) is 13.8 Å². The fourth-order valence-electron chi connectivity index (χ4n) is 3.11. The molecular formula is C18H19N5O3. The third kappa shape index (κ3) is 2.73. The molecule has 8 heteroatoms. The normalized spacial score (nSPS) is 14.9. The Labute approximate surface area is 149 Å². The number of hydrogen-bond donors (Lipinski definition) is 1. The molecule has 1 N–H and O–H groups in total. The highest BCUT2D eigenvalue weighted by molar-refractivity contribution is 6.07. The Balaban J connectivity index is 1.87. The quantitative estimate of drug-likeness (QED) is 0.775. The number of nitrogens with zero attached hydrogens (tertiary/aromatic N) is 4. The summed E-state index contributed by atoms with van der Waals surface area (Å²) in [7, 11) is 0. The molecule has 0 radical (unpaired) electrons. The maximum Gasteiger partial charge on any atom is 0.255 e. The summed E-state index contributed by atoms with van der Waals surface area (Å²) in [6.45, 7) is 4.99. The van der Waals surface area contributed by atoms with Gasteiger partial charge >= 0.3 is 0 Å². The first-order valence-corrected chi connectivity index (χ1v) is 8.52. The highest BCUT2D eigenvalue weighted by Gasteiger charge is 2.26. The molecule has 4 heterocycles. The third-order valence-corrected chi connectivity index (χ3v) is 4.39. The number of aromatic nitrogens is 3. The minimum Gasteiger partial charge on any atom is -0.463 e. The molecule has 3 aromatic heterocycles. The Morgan fingerprint density at radius 2 is 2.23 bits per heavy atom. The Bertz CT molecular complexity index is 974. The predicted molar refractivity (Wildman–Crippen MR) is 94.5 cm³/mol. The average Bonchev–Trinajstić information content (AvgIpc) is 3.29. The van der Waals surface area contributed by atoms with E-state index in [1.54, 1.807) is 40.2 Å². The minimum atomic E-state index is -0.205. The van der Waals surface area contributed by atoms with Crippen molar-refractivity contribution in [2.24, 2.45) is 0 Å². The first-order valence-electron chi connectivity index (χ1n) is 8.52. The summed E-state index contributed by atoms with van der Waals surface area (Å²) in [5, 5.41) is 7.80. The summed E-state index contributed by atoms with van der Waals surface area (Å²) in [6.07, 6.45) is 3.23. The summed E-state index contributed by atoms with van der Waals surface area (Å²) in [4.78, 5) is 31.0. The zero-order valence-electron chi connectivity index (χ0n) is 14.6. The van der Waals surface area contributed by atoms with Gasteiger partial charge in [0.2, 0.25) is 5.91 Å². The fourth-order valence-corrected chi connectivity index (χ4v) is 3.11. The van der Waals surface area contributed by atoms with Gasteiger partial charge < -0.3 is 14.6 Å². The van der Waals surface area contributed by atoms with E-state index in [0.717, 1.165) is 0 Å². The van der Waals surface area contributed by atoms with E-state index in [-0.39, 0.29) is 24.4 Å². The lowest BCUT2D eigenvalue weighted by atomic mass is 10.1. The number of carbonyl (C=O) groups excluding carboxylic acids is 2. The lowest BCUT2D eigenvalue weighted by Crippen LogP contribution is -2.50. The van der Waals surface area contributed by atoms with Crippen LogP contribution >= 0.6 is 0 Å². The van der Waals surface area contributed by atoms with E-state index >= 15 is 0 Å². The number of carbonyl (C=O) groups is 2. The molecule has 0 spiro atoms. The molecule has 0 bridgehead atoms. The highest BCUT2D eigenvalue weighted by Crippen LogP contribution is 2.27. The van der Waals surface area contributed by atoms with Gasteiger partial charge in [-0.3, -0.25) is 9.59 Å². The Morgan fingerprint density at radius 1 is 1.38 bits per heavy atom. The van der Waals surface area contributed by atoms with Gasteiger partial charge in [0.1, 0.15) is 5.69 Å². The van der Waals surface area contributed by atoms with Crippen molar-refractivity contribution < 1.29 is 14.0 Å². The van der Waals surface area contributed by atoms with Crippen LogP contribution in [0.25, 0.3) is 22.5 Å². The predicted octanol–water partition coefficient (Wildman–Crippen LogP) is 1.84. The molecule has 8 nitrogen and oxygen atoms in total. The van der Waals surface area contributed by atoms with Crippen LogP contribution in [-0.2, 0) is 4.79 Å². The molecule has 1 fully saturated rings. The molecule has 0 atom stereocenters. The van der Waals surface area contributed by atoms with Gasteiger partial charge in [0.05, 0.1) is 30.0 Å². The first-order chi connectivity index (χ1) is 12.5. The lowest BCUT2D eigenvalue weighted by Gasteiger charge is -2.27. The second-order valence-electron chi connectivity index (χ2n) is 6.53. The zero-order chi connectivity index (χ0) is 18.3. The second-order valence-corrected chi connectivity index (χ2v) is 6.53. The van der Waals surface area contributed by atoms with E-state index in [2.05, 4.69) is 15.4 Å². The van der Waals surface area contributed by atoms with Crippen LogP contribution < -0.4 is 5.32 Å². The van der Waals surface area contributed by atoms with Crippen LogP contribution in [-0.4, -0.2) is 51.1 Å². The van der Waals surface area contributed by atoms with Crippen molar-refractivity contribution in [1.82, 2.24) is 25.0 Å². The molecule has 3 aromatic rings. The number of furan rings is 1. The van der Waals surface area contributed by atoms with Crippen molar-refractivity contribution in [3.63, 3.8) is 0 Å². The third-order valence-electron chi connectivity index (χ3n) is 4.39. The summed E-state index contributed by atoms with van der Waals surface area (Å²) >= 11 is 0. The SMILES string of the molecule is CC(C)n1ncc2c(C(=O)N3CCNC(=O)C3)cc(-c3ccco3)nc21. The Hall–Kier alpha value is -3.16. The van der Waals surface area contributed by atoms with Gasteiger partial charge in [-0.25, -0.2) is 9.67 Å². The molecule has 0 unspecified atom stereocenters. The van der Waals surface area contributed by atoms with Crippen molar-refractivity contribution in [3.05, 3.63) is 36.2 Å². The largest absolute Gasteiger partial charge is 0.463 e. The van der Waals surface area contributed by atoms with Gasteiger partial charge in [-0.2, -0.15) is 5.10 Å². The van der Waals surface area contributed by atoms with Gasteiger partial charge in [-0.05, 0) is 32.0 Å². The summed E-state index contributed by atoms with van der Waals surface area (Å²) in [6, 6.07) is 5.38. The van der Waals surface area contributed by atoms with Crippen LogP contribution in [0.1, 0.15) is 30.2 Å². The number of amides is 2. The lowest BCUT2D eigenvalue weighted by molar-refractivity contribution is -0.123. The van der Waals surface area contributed by atoms with Crippen molar-refractivity contribution in [2.45, 2.75) is 19.9 Å². The Morgan fingerprint density at radius 3 is 2.92 bits per heavy atom. The molecule has 0 aromatic carbocycles. The Kier molecular flexibility index (Phi) is 3.95. The molecule has 4 rings (SSSR count). The van der Waals surface area contributed by atoms with E-state index in [0.29, 0.717) is 41.1 Å². The standard InChI is InChI=1S/C18H19N5O3/c1-11(2)23-17-13(9-20-23)12(8-14(21-17)15-4-3-7-26-15)18(25)22-6-5-19-16(24)10-22/h3-4,7-9,11H,5-6,10H2,1-2H3,(H,19,24). The fraction of sp³-hybridized carbons (Fsp3) is 0.333. The highest BCUT2D eigenvalue weighted by atomic mass is 16.3. The molecule has 1 saturated heterocycles. The number of fused-ring (bicyclic) bond motifs is 1. The molecular weight excluding hydrogens is 334 g/mol. The van der Waals surface area contributed by atoms with Crippen molar-refractivity contribution >= 4 is 22.8 Å².